The molecule has 0 aliphatic heterocycles. The van der Waals surface area contributed by atoms with Crippen LogP contribution in [0.1, 0.15) is 31.9 Å². The van der Waals surface area contributed by atoms with Crippen LogP contribution in [0.4, 0.5) is 10.5 Å². The molecule has 23 heavy (non-hydrogen) atoms. The van der Waals surface area contributed by atoms with Crippen LogP contribution >= 0.6 is 0 Å². The number of ether oxygens (including phenoxy) is 2. The van der Waals surface area contributed by atoms with E-state index in [1.54, 1.807) is 39.0 Å². The molecule has 0 fully saturated rings. The summed E-state index contributed by atoms with van der Waals surface area (Å²) in [7, 11) is 1.24. The van der Waals surface area contributed by atoms with Crippen molar-refractivity contribution in [2.75, 3.05) is 12.8 Å². The minimum atomic E-state index is -0.915. The van der Waals surface area contributed by atoms with E-state index < -0.39 is 23.7 Å². The number of hydrogen-bond donors (Lipinski definition) is 2. The second-order valence-electron chi connectivity index (χ2n) is 5.96. The molecule has 0 aliphatic rings. The number of nitriles is 1. The monoisotopic (exact) mass is 319 g/mol. The van der Waals surface area contributed by atoms with Gasteiger partial charge in [-0.05, 0) is 38.5 Å². The minimum Gasteiger partial charge on any atom is -0.467 e. The van der Waals surface area contributed by atoms with Gasteiger partial charge in [0.25, 0.3) is 0 Å². The Bertz CT molecular complexity index is 629. The number of rotatable bonds is 4. The fourth-order valence-corrected chi connectivity index (χ4v) is 1.86. The third-order valence-electron chi connectivity index (χ3n) is 2.85. The highest BCUT2D eigenvalue weighted by molar-refractivity contribution is 5.81. The number of anilines is 1. The fourth-order valence-electron chi connectivity index (χ4n) is 1.86. The van der Waals surface area contributed by atoms with Crippen molar-refractivity contribution in [1.29, 1.82) is 5.26 Å². The average molecular weight is 319 g/mol. The van der Waals surface area contributed by atoms with Crippen LogP contribution < -0.4 is 11.1 Å². The molecule has 1 atom stereocenters. The van der Waals surface area contributed by atoms with E-state index in [-0.39, 0.29) is 6.42 Å². The second-order valence-corrected chi connectivity index (χ2v) is 5.96. The van der Waals surface area contributed by atoms with Crippen LogP contribution in [0.25, 0.3) is 0 Å². The maximum atomic E-state index is 11.8. The molecule has 0 saturated carbocycles. The number of carbonyl (C=O) groups excluding carboxylic acids is 2. The van der Waals surface area contributed by atoms with Gasteiger partial charge in [-0.25, -0.2) is 9.59 Å². The lowest BCUT2D eigenvalue weighted by Crippen LogP contribution is -2.45. The van der Waals surface area contributed by atoms with Gasteiger partial charge in [-0.3, -0.25) is 0 Å². The number of amides is 1. The molecule has 0 saturated heterocycles. The molecule has 1 rings (SSSR count). The van der Waals surface area contributed by atoms with Gasteiger partial charge >= 0.3 is 12.1 Å². The molecule has 7 nitrogen and oxygen atoms in total. The van der Waals surface area contributed by atoms with E-state index in [1.807, 2.05) is 6.07 Å². The van der Waals surface area contributed by atoms with Gasteiger partial charge in [0.1, 0.15) is 17.7 Å². The van der Waals surface area contributed by atoms with Crippen molar-refractivity contribution in [1.82, 2.24) is 5.32 Å². The summed E-state index contributed by atoms with van der Waals surface area (Å²) < 4.78 is 9.83. The van der Waals surface area contributed by atoms with Crippen LogP contribution in [0, 0.1) is 11.3 Å². The van der Waals surface area contributed by atoms with Crippen LogP contribution in [-0.2, 0) is 20.7 Å². The Morgan fingerprint density at radius 3 is 2.52 bits per heavy atom. The Hall–Kier alpha value is -2.75. The van der Waals surface area contributed by atoms with E-state index in [9.17, 15) is 9.59 Å². The standard InChI is InChI=1S/C16H21N3O4/c1-16(2,3)23-15(21)19-13(14(20)22-4)8-10-5-6-11(9-17)12(18)7-10/h5-7,13H,8,18H2,1-4H3,(H,19,21). The number of benzene rings is 1. The zero-order chi connectivity index (χ0) is 17.6. The van der Waals surface area contributed by atoms with Crippen LogP contribution in [0.2, 0.25) is 0 Å². The lowest BCUT2D eigenvalue weighted by molar-refractivity contribution is -0.143. The summed E-state index contributed by atoms with van der Waals surface area (Å²) in [6.45, 7) is 5.17. The molecule has 1 amide bonds. The zero-order valence-electron chi connectivity index (χ0n) is 13.7. The number of methoxy groups -OCH3 is 1. The normalized spacial score (nSPS) is 12.0. The Kier molecular flexibility index (Phi) is 5.96. The third kappa shape index (κ3) is 5.87. The molecule has 0 aliphatic carbocycles. The summed E-state index contributed by atoms with van der Waals surface area (Å²) in [4.78, 5) is 23.7. The van der Waals surface area contributed by atoms with Crippen LogP contribution in [0.15, 0.2) is 18.2 Å². The summed E-state index contributed by atoms with van der Waals surface area (Å²) in [5.74, 6) is -0.598. The molecule has 0 bridgehead atoms. The van der Waals surface area contributed by atoms with Gasteiger partial charge in [0.05, 0.1) is 12.7 Å². The third-order valence-corrected chi connectivity index (χ3v) is 2.85. The van der Waals surface area contributed by atoms with E-state index >= 15 is 0 Å². The van der Waals surface area contributed by atoms with E-state index in [0.29, 0.717) is 16.8 Å². The molecule has 0 radical (unpaired) electrons. The minimum absolute atomic E-state index is 0.168. The number of alkyl carbamates (subject to hydrolysis) is 1. The van der Waals surface area contributed by atoms with E-state index in [4.69, 9.17) is 20.5 Å². The Balaban J connectivity index is 2.87. The molecule has 1 aromatic carbocycles. The van der Waals surface area contributed by atoms with Gasteiger partial charge < -0.3 is 20.5 Å². The zero-order valence-corrected chi connectivity index (χ0v) is 13.7. The highest BCUT2D eigenvalue weighted by Gasteiger charge is 2.25. The van der Waals surface area contributed by atoms with Crippen molar-refractivity contribution < 1.29 is 19.1 Å². The highest BCUT2D eigenvalue weighted by Crippen LogP contribution is 2.15. The summed E-state index contributed by atoms with van der Waals surface area (Å²) in [5, 5.41) is 11.3. The van der Waals surface area contributed by atoms with Crippen molar-refractivity contribution in [3.05, 3.63) is 29.3 Å². The topological polar surface area (TPSA) is 114 Å². The Morgan fingerprint density at radius 2 is 2.04 bits per heavy atom. The number of nitrogens with one attached hydrogen (secondary N) is 1. The summed E-state index contributed by atoms with van der Waals surface area (Å²) >= 11 is 0. The van der Waals surface area contributed by atoms with Crippen molar-refractivity contribution >= 4 is 17.7 Å². The number of hydrogen-bond acceptors (Lipinski definition) is 6. The van der Waals surface area contributed by atoms with Crippen molar-refractivity contribution in [3.63, 3.8) is 0 Å². The second kappa shape index (κ2) is 7.49. The van der Waals surface area contributed by atoms with Gasteiger partial charge in [0.2, 0.25) is 0 Å². The maximum absolute atomic E-state index is 11.8. The molecular weight excluding hydrogens is 298 g/mol. The Morgan fingerprint density at radius 1 is 1.39 bits per heavy atom. The number of esters is 1. The van der Waals surface area contributed by atoms with Crippen LogP contribution in [0.5, 0.6) is 0 Å². The average Bonchev–Trinajstić information content (AvgIpc) is 2.44. The first-order chi connectivity index (χ1) is 10.7. The molecule has 1 unspecified atom stereocenters. The highest BCUT2D eigenvalue weighted by atomic mass is 16.6. The number of nitrogens with zero attached hydrogens (tertiary/aromatic N) is 1. The predicted octanol–water partition coefficient (Wildman–Crippen LogP) is 1.75. The van der Waals surface area contributed by atoms with E-state index in [1.165, 1.54) is 7.11 Å². The predicted molar refractivity (Wildman–Crippen MR) is 84.4 cm³/mol. The number of carbonyl (C=O) groups is 2. The summed E-state index contributed by atoms with van der Waals surface area (Å²) in [6.07, 6.45) is -0.545. The first-order valence-corrected chi connectivity index (χ1v) is 7.02. The van der Waals surface area contributed by atoms with Crippen LogP contribution in [-0.4, -0.2) is 30.8 Å². The quantitative estimate of drug-likeness (QED) is 0.645. The van der Waals surface area contributed by atoms with Gasteiger partial charge in [-0.2, -0.15) is 5.26 Å². The SMILES string of the molecule is COC(=O)C(Cc1ccc(C#N)c(N)c1)NC(=O)OC(C)(C)C. The summed E-state index contributed by atoms with van der Waals surface area (Å²) in [6, 6.07) is 5.87. The van der Waals surface area contributed by atoms with Gasteiger partial charge in [0.15, 0.2) is 0 Å². The van der Waals surface area contributed by atoms with Crippen molar-refractivity contribution in [2.24, 2.45) is 0 Å². The summed E-state index contributed by atoms with van der Waals surface area (Å²) in [5.41, 5.74) is 6.42. The Labute approximate surface area is 135 Å². The molecule has 0 aromatic heterocycles. The maximum Gasteiger partial charge on any atom is 0.408 e. The number of nitrogen functional groups attached to an aromatic ring is 1. The lowest BCUT2D eigenvalue weighted by atomic mass is 10.0. The van der Waals surface area contributed by atoms with Crippen LogP contribution in [0.3, 0.4) is 0 Å². The van der Waals surface area contributed by atoms with Gasteiger partial charge in [-0.15, -0.1) is 0 Å². The van der Waals surface area contributed by atoms with Crippen molar-refractivity contribution in [2.45, 2.75) is 38.8 Å². The molecule has 7 heteroatoms. The molecular formula is C16H21N3O4. The first kappa shape index (κ1) is 18.3. The largest absolute Gasteiger partial charge is 0.467 e. The molecule has 124 valence electrons. The first-order valence-electron chi connectivity index (χ1n) is 7.02. The smallest absolute Gasteiger partial charge is 0.408 e. The van der Waals surface area contributed by atoms with E-state index in [2.05, 4.69) is 5.32 Å². The van der Waals surface area contributed by atoms with Gasteiger partial charge in [-0.1, -0.05) is 6.07 Å². The lowest BCUT2D eigenvalue weighted by Gasteiger charge is -2.22. The number of nitrogens with two attached hydrogens (primary N) is 1. The van der Waals surface area contributed by atoms with Crippen molar-refractivity contribution in [3.8, 4) is 6.07 Å². The molecule has 3 N–H and O–H groups in total. The van der Waals surface area contributed by atoms with E-state index in [0.717, 1.165) is 0 Å². The molecule has 0 heterocycles. The van der Waals surface area contributed by atoms with Gasteiger partial charge in [0, 0.05) is 12.1 Å². The fraction of sp³-hybridized carbons (Fsp3) is 0.438. The molecule has 0 spiro atoms. The molecule has 1 aromatic rings.